The van der Waals surface area contributed by atoms with E-state index >= 15 is 0 Å². The molecule has 0 aliphatic heterocycles. The Morgan fingerprint density at radius 2 is 1.52 bits per heavy atom. The summed E-state index contributed by atoms with van der Waals surface area (Å²) in [6.45, 7) is 0.0784. The zero-order valence-corrected chi connectivity index (χ0v) is 23.6. The second-order valence-corrected chi connectivity index (χ2v) is 9.33. The van der Waals surface area contributed by atoms with Gasteiger partial charge in [0, 0.05) is 36.1 Å². The van der Waals surface area contributed by atoms with Gasteiger partial charge in [0.05, 0.1) is 19.8 Å². The van der Waals surface area contributed by atoms with Crippen LogP contribution < -0.4 is 14.2 Å². The van der Waals surface area contributed by atoms with Gasteiger partial charge in [0.25, 0.3) is 5.91 Å². The summed E-state index contributed by atoms with van der Waals surface area (Å²) in [5.74, 6) is -4.86. The van der Waals surface area contributed by atoms with E-state index in [4.69, 9.17) is 14.2 Å². The van der Waals surface area contributed by atoms with Gasteiger partial charge in [0.15, 0.2) is 18.1 Å². The maximum Gasteiger partial charge on any atom is 0.491 e. The number of aromatic nitrogens is 1. The van der Waals surface area contributed by atoms with Crippen LogP contribution in [0.2, 0.25) is 0 Å². The van der Waals surface area contributed by atoms with E-state index in [-0.39, 0.29) is 51.8 Å². The smallest absolute Gasteiger partial charge is 0.491 e. The number of alkyl halides is 3. The quantitative estimate of drug-likeness (QED) is 0.142. The molecule has 0 fully saturated rings. The van der Waals surface area contributed by atoms with E-state index in [1.165, 1.54) is 49.5 Å². The van der Waals surface area contributed by atoms with Crippen molar-refractivity contribution in [3.8, 4) is 17.2 Å². The Morgan fingerprint density at radius 1 is 0.864 bits per heavy atom. The number of amides is 1. The molecule has 228 valence electrons. The number of ether oxygens (including phenoxy) is 4. The summed E-state index contributed by atoms with van der Waals surface area (Å²) in [5, 5.41) is -0.0778. The lowest BCUT2D eigenvalue weighted by Gasteiger charge is -2.17. The van der Waals surface area contributed by atoms with Crippen molar-refractivity contribution >= 4 is 34.4 Å². The Morgan fingerprint density at radius 3 is 2.16 bits per heavy atom. The minimum absolute atomic E-state index is 0.00518. The van der Waals surface area contributed by atoms with Crippen LogP contribution in [0.1, 0.15) is 32.0 Å². The molecule has 10 nitrogen and oxygen atoms in total. The van der Waals surface area contributed by atoms with Crippen LogP contribution in [-0.4, -0.2) is 67.6 Å². The topological polar surface area (TPSA) is 121 Å². The number of pyridine rings is 1. The molecule has 0 radical (unpaired) electrons. The summed E-state index contributed by atoms with van der Waals surface area (Å²) < 4.78 is 58.3. The van der Waals surface area contributed by atoms with E-state index in [1.54, 1.807) is 13.1 Å². The fourth-order valence-electron chi connectivity index (χ4n) is 4.17. The van der Waals surface area contributed by atoms with Crippen LogP contribution >= 0.6 is 0 Å². The fraction of sp³-hybridized carbons (Fsp3) is 0.194. The lowest BCUT2D eigenvalue weighted by atomic mass is 9.99. The van der Waals surface area contributed by atoms with E-state index in [0.717, 1.165) is 11.8 Å². The summed E-state index contributed by atoms with van der Waals surface area (Å²) in [6.07, 6.45) is -4.58. The molecule has 0 spiro atoms. The number of esters is 2. The molecular formula is C31H25F3N2O8. The number of rotatable bonds is 10. The number of carbonyl (C=O) groups is 4. The van der Waals surface area contributed by atoms with Gasteiger partial charge in [-0.05, 0) is 29.8 Å². The van der Waals surface area contributed by atoms with Gasteiger partial charge in [-0.3, -0.25) is 14.6 Å². The van der Waals surface area contributed by atoms with Crippen LogP contribution in [0.25, 0.3) is 10.8 Å². The van der Waals surface area contributed by atoms with Gasteiger partial charge in [0.1, 0.15) is 11.4 Å². The Bertz CT molecular complexity index is 1720. The number of halogens is 3. The average molecular weight is 611 g/mol. The van der Waals surface area contributed by atoms with E-state index in [0.29, 0.717) is 6.54 Å². The van der Waals surface area contributed by atoms with Gasteiger partial charge in [-0.2, -0.15) is 13.2 Å². The first kappa shape index (κ1) is 31.5. The van der Waals surface area contributed by atoms with Crippen LogP contribution in [0.15, 0.2) is 72.9 Å². The summed E-state index contributed by atoms with van der Waals surface area (Å²) in [4.78, 5) is 55.6. The van der Waals surface area contributed by atoms with Crippen LogP contribution in [-0.2, 0) is 20.9 Å². The fourth-order valence-corrected chi connectivity index (χ4v) is 4.17. The largest absolute Gasteiger partial charge is 0.493 e. The Kier molecular flexibility index (Phi) is 9.47. The molecule has 0 saturated carbocycles. The van der Waals surface area contributed by atoms with E-state index in [1.807, 2.05) is 30.3 Å². The van der Waals surface area contributed by atoms with Crippen molar-refractivity contribution in [2.24, 2.45) is 0 Å². The molecule has 0 aliphatic rings. The van der Waals surface area contributed by atoms with Crippen molar-refractivity contribution in [1.82, 2.24) is 9.88 Å². The summed E-state index contributed by atoms with van der Waals surface area (Å²) in [5.41, 5.74) is 0.315. The maximum atomic E-state index is 13.6. The highest BCUT2D eigenvalue weighted by Gasteiger charge is 2.43. The maximum absolute atomic E-state index is 13.6. The predicted molar refractivity (Wildman–Crippen MR) is 150 cm³/mol. The Hall–Kier alpha value is -5.46. The van der Waals surface area contributed by atoms with Gasteiger partial charge < -0.3 is 23.8 Å². The van der Waals surface area contributed by atoms with Crippen LogP contribution in [0.3, 0.4) is 0 Å². The summed E-state index contributed by atoms with van der Waals surface area (Å²) in [6, 6.07) is 17.9. The Labute approximate surface area is 248 Å². The number of benzene rings is 3. The van der Waals surface area contributed by atoms with Gasteiger partial charge in [-0.15, -0.1) is 0 Å². The second-order valence-electron chi connectivity index (χ2n) is 9.33. The van der Waals surface area contributed by atoms with Gasteiger partial charge >= 0.3 is 18.1 Å². The number of methoxy groups -OCH3 is 2. The number of likely N-dealkylation sites (N-methyl/N-ethyl adjacent to an activating group) is 1. The monoisotopic (exact) mass is 610 g/mol. The number of carbonyl (C=O) groups excluding carboxylic acids is 4. The molecule has 0 atom stereocenters. The van der Waals surface area contributed by atoms with E-state index in [2.05, 4.69) is 9.72 Å². The molecule has 1 aromatic heterocycles. The standard InChI is InChI=1S/C31H25F3N2O8/c1-36(16-18-8-5-4-6-9-18)26(37)17-43-20-11-7-10-19(12-20)28(38)27-22-14-25(42-3)24(41-2)13-21(22)23(15-35-27)29(39)44-30(40)31(32,33)34/h4-15H,16-17H2,1-3H3. The molecule has 4 aromatic rings. The molecule has 0 aliphatic carbocycles. The third-order valence-electron chi connectivity index (χ3n) is 6.39. The first-order valence-corrected chi connectivity index (χ1v) is 12.9. The molecule has 0 saturated heterocycles. The number of hydrogen-bond donors (Lipinski definition) is 0. The van der Waals surface area contributed by atoms with Gasteiger partial charge in [0.2, 0.25) is 5.78 Å². The first-order chi connectivity index (χ1) is 20.9. The molecule has 0 N–H and O–H groups in total. The summed E-state index contributed by atoms with van der Waals surface area (Å²) >= 11 is 0. The minimum Gasteiger partial charge on any atom is -0.493 e. The second kappa shape index (κ2) is 13.2. The third kappa shape index (κ3) is 7.12. The zero-order chi connectivity index (χ0) is 32.0. The van der Waals surface area contributed by atoms with Crippen molar-refractivity contribution in [1.29, 1.82) is 0 Å². The molecule has 4 rings (SSSR count). The van der Waals surface area contributed by atoms with Crippen molar-refractivity contribution in [2.75, 3.05) is 27.9 Å². The first-order valence-electron chi connectivity index (χ1n) is 12.9. The van der Waals surface area contributed by atoms with Crippen molar-refractivity contribution in [2.45, 2.75) is 12.7 Å². The van der Waals surface area contributed by atoms with E-state index in [9.17, 15) is 32.3 Å². The van der Waals surface area contributed by atoms with Crippen LogP contribution in [0, 0.1) is 0 Å². The highest BCUT2D eigenvalue weighted by molar-refractivity contribution is 6.18. The number of hydrogen-bond acceptors (Lipinski definition) is 9. The number of nitrogens with zero attached hydrogens (tertiary/aromatic N) is 2. The molecule has 13 heteroatoms. The van der Waals surface area contributed by atoms with Crippen molar-refractivity contribution < 1.29 is 51.3 Å². The average Bonchev–Trinajstić information content (AvgIpc) is 3.02. The van der Waals surface area contributed by atoms with Crippen molar-refractivity contribution in [3.63, 3.8) is 0 Å². The van der Waals surface area contributed by atoms with Gasteiger partial charge in [-0.25, -0.2) is 9.59 Å². The Balaban J connectivity index is 1.62. The van der Waals surface area contributed by atoms with Gasteiger partial charge in [-0.1, -0.05) is 42.5 Å². The SMILES string of the molecule is COc1cc2c(C(=O)OC(=O)C(F)(F)F)cnc(C(=O)c3cccc(OCC(=O)N(C)Cc4ccccc4)c3)c2cc1OC. The van der Waals surface area contributed by atoms with Crippen molar-refractivity contribution in [3.05, 3.63) is 95.3 Å². The molecule has 0 bridgehead atoms. The molecule has 44 heavy (non-hydrogen) atoms. The number of ketones is 1. The lowest BCUT2D eigenvalue weighted by molar-refractivity contribution is -0.193. The van der Waals surface area contributed by atoms with Crippen LogP contribution in [0.5, 0.6) is 17.2 Å². The highest BCUT2D eigenvalue weighted by Crippen LogP contribution is 2.36. The molecule has 3 aromatic carbocycles. The molecule has 1 amide bonds. The summed E-state index contributed by atoms with van der Waals surface area (Å²) in [7, 11) is 4.24. The van der Waals surface area contributed by atoms with E-state index < -0.39 is 29.5 Å². The van der Waals surface area contributed by atoms with Crippen LogP contribution in [0.4, 0.5) is 13.2 Å². The molecular weight excluding hydrogens is 585 g/mol. The molecule has 0 unspecified atom stereocenters. The highest BCUT2D eigenvalue weighted by atomic mass is 19.4. The predicted octanol–water partition coefficient (Wildman–Crippen LogP) is 4.77. The lowest BCUT2D eigenvalue weighted by Crippen LogP contribution is -2.30. The molecule has 1 heterocycles. The zero-order valence-electron chi connectivity index (χ0n) is 23.6. The number of fused-ring (bicyclic) bond motifs is 1. The third-order valence-corrected chi connectivity index (χ3v) is 6.39. The normalized spacial score (nSPS) is 11.0. The minimum atomic E-state index is -5.41.